The molecule has 3 aromatic heterocycles. The number of hydrogen-bond acceptors (Lipinski definition) is 4. The second-order valence-electron chi connectivity index (χ2n) is 8.16. The van der Waals surface area contributed by atoms with Crippen molar-refractivity contribution in [1.82, 2.24) is 14.5 Å². The predicted molar refractivity (Wildman–Crippen MR) is 135 cm³/mol. The Morgan fingerprint density at radius 3 is 2.61 bits per heavy atom. The largest absolute Gasteiger partial charge is 0.330 e. The van der Waals surface area contributed by atoms with Crippen LogP contribution in [0.4, 0.5) is 4.39 Å². The van der Waals surface area contributed by atoms with Crippen LogP contribution in [-0.2, 0) is 6.42 Å². The third-order valence-electron chi connectivity index (χ3n) is 6.04. The smallest absolute Gasteiger partial charge is 0.134 e. The summed E-state index contributed by atoms with van der Waals surface area (Å²) in [6.07, 6.45) is 5.45. The zero-order valence-corrected chi connectivity index (χ0v) is 18.6. The molecule has 3 heterocycles. The number of nitrogens with two attached hydrogens (primary N) is 1. The number of fused-ring (bicyclic) bond motifs is 4. The second kappa shape index (κ2) is 8.06. The van der Waals surface area contributed by atoms with Gasteiger partial charge in [-0.05, 0) is 60.7 Å². The molecule has 6 rings (SSSR count). The maximum absolute atomic E-state index is 15.2. The topological polar surface area (TPSA) is 56.7 Å². The normalized spacial score (nSPS) is 11.7. The molecule has 0 spiro atoms. The molecule has 2 N–H and O–H groups in total. The van der Waals surface area contributed by atoms with Crippen LogP contribution in [0.3, 0.4) is 0 Å². The zero-order valence-electron chi connectivity index (χ0n) is 17.8. The van der Waals surface area contributed by atoms with Crippen LogP contribution in [0.1, 0.15) is 12.0 Å². The van der Waals surface area contributed by atoms with E-state index in [0.717, 1.165) is 49.9 Å². The number of aryl methyl sites for hydroxylation is 1. The Morgan fingerprint density at radius 2 is 1.79 bits per heavy atom. The van der Waals surface area contributed by atoms with Gasteiger partial charge in [-0.15, -0.1) is 11.3 Å². The SMILES string of the molecule is NCCCc1ccc(-n2cnc3cnc4cc(F)c(-c5cc6ccccc6s5)cc4c32)cc1. The molecule has 6 aromatic rings. The summed E-state index contributed by atoms with van der Waals surface area (Å²) >= 11 is 1.60. The quantitative estimate of drug-likeness (QED) is 0.325. The number of halogens is 1. The molecule has 0 fully saturated rings. The fourth-order valence-electron chi connectivity index (χ4n) is 4.34. The molecular formula is C27H21FN4S. The lowest BCUT2D eigenvalue weighted by atomic mass is 10.1. The number of imidazole rings is 1. The summed E-state index contributed by atoms with van der Waals surface area (Å²) in [6.45, 7) is 0.686. The van der Waals surface area contributed by atoms with Crippen molar-refractivity contribution in [3.8, 4) is 16.1 Å². The molecule has 0 saturated heterocycles. The van der Waals surface area contributed by atoms with E-state index in [1.807, 2.05) is 24.5 Å². The molecule has 6 heteroatoms. The summed E-state index contributed by atoms with van der Waals surface area (Å²) < 4.78 is 18.4. The van der Waals surface area contributed by atoms with Crippen molar-refractivity contribution < 1.29 is 4.39 Å². The van der Waals surface area contributed by atoms with Gasteiger partial charge in [-0.2, -0.15) is 0 Å². The van der Waals surface area contributed by atoms with Crippen molar-refractivity contribution in [3.05, 3.63) is 90.6 Å². The lowest BCUT2D eigenvalue weighted by Crippen LogP contribution is -2.00. The van der Waals surface area contributed by atoms with Gasteiger partial charge in [0, 0.05) is 32.3 Å². The third-order valence-corrected chi connectivity index (χ3v) is 7.19. The van der Waals surface area contributed by atoms with Gasteiger partial charge in [-0.3, -0.25) is 9.55 Å². The molecule has 0 aliphatic carbocycles. The van der Waals surface area contributed by atoms with Crippen LogP contribution < -0.4 is 5.73 Å². The molecule has 33 heavy (non-hydrogen) atoms. The van der Waals surface area contributed by atoms with Crippen molar-refractivity contribution in [2.24, 2.45) is 5.73 Å². The fraction of sp³-hybridized carbons (Fsp3) is 0.111. The third kappa shape index (κ3) is 3.48. The first-order valence-corrected chi connectivity index (χ1v) is 11.8. The van der Waals surface area contributed by atoms with Gasteiger partial charge in [0.25, 0.3) is 0 Å². The van der Waals surface area contributed by atoms with Crippen LogP contribution >= 0.6 is 11.3 Å². The number of pyridine rings is 1. The van der Waals surface area contributed by atoms with Gasteiger partial charge in [-0.1, -0.05) is 30.3 Å². The van der Waals surface area contributed by atoms with Gasteiger partial charge >= 0.3 is 0 Å². The minimum absolute atomic E-state index is 0.267. The Hall–Kier alpha value is -3.61. The standard InChI is InChI=1S/C27H21FN4S/c28-22-14-23-21(13-20(22)26-12-18-5-1-2-6-25(18)33-26)27-24(15-30-23)31-16-32(27)19-9-7-17(8-10-19)4-3-11-29/h1-2,5-10,12-16H,3-4,11,29H2. The fourth-order valence-corrected chi connectivity index (χ4v) is 5.42. The summed E-state index contributed by atoms with van der Waals surface area (Å²) in [5.41, 5.74) is 10.8. The van der Waals surface area contributed by atoms with Gasteiger partial charge in [0.15, 0.2) is 0 Å². The molecule has 0 radical (unpaired) electrons. The number of thiophene rings is 1. The number of rotatable bonds is 5. The van der Waals surface area contributed by atoms with E-state index in [1.54, 1.807) is 17.5 Å². The highest BCUT2D eigenvalue weighted by Crippen LogP contribution is 2.37. The first-order valence-electron chi connectivity index (χ1n) is 10.9. The zero-order chi connectivity index (χ0) is 22.4. The van der Waals surface area contributed by atoms with E-state index < -0.39 is 0 Å². The molecule has 0 atom stereocenters. The maximum atomic E-state index is 15.2. The Morgan fingerprint density at radius 1 is 0.939 bits per heavy atom. The van der Waals surface area contributed by atoms with Crippen molar-refractivity contribution in [2.75, 3.05) is 6.54 Å². The molecule has 0 aliphatic heterocycles. The van der Waals surface area contributed by atoms with Crippen LogP contribution in [0.2, 0.25) is 0 Å². The van der Waals surface area contributed by atoms with E-state index in [4.69, 9.17) is 5.73 Å². The number of aromatic nitrogens is 3. The number of hydrogen-bond donors (Lipinski definition) is 1. The average molecular weight is 453 g/mol. The summed E-state index contributed by atoms with van der Waals surface area (Å²) in [7, 11) is 0. The van der Waals surface area contributed by atoms with Crippen LogP contribution in [0.5, 0.6) is 0 Å². The van der Waals surface area contributed by atoms with Crippen LogP contribution in [0.25, 0.3) is 48.2 Å². The minimum atomic E-state index is -0.267. The van der Waals surface area contributed by atoms with Gasteiger partial charge in [0.1, 0.15) is 17.7 Å². The first kappa shape index (κ1) is 20.0. The van der Waals surface area contributed by atoms with Crippen molar-refractivity contribution in [1.29, 1.82) is 0 Å². The van der Waals surface area contributed by atoms with Crippen molar-refractivity contribution in [2.45, 2.75) is 12.8 Å². The molecule has 3 aromatic carbocycles. The maximum Gasteiger partial charge on any atom is 0.134 e. The highest BCUT2D eigenvalue weighted by Gasteiger charge is 2.16. The van der Waals surface area contributed by atoms with Gasteiger partial charge < -0.3 is 5.73 Å². The highest BCUT2D eigenvalue weighted by atomic mass is 32.1. The monoisotopic (exact) mass is 452 g/mol. The average Bonchev–Trinajstić information content (AvgIpc) is 3.47. The molecule has 0 aliphatic rings. The second-order valence-corrected chi connectivity index (χ2v) is 9.25. The van der Waals surface area contributed by atoms with Crippen molar-refractivity contribution >= 4 is 43.4 Å². The summed E-state index contributed by atoms with van der Waals surface area (Å²) in [6, 6.07) is 22.1. The van der Waals surface area contributed by atoms with E-state index in [2.05, 4.69) is 57.0 Å². The van der Waals surface area contributed by atoms with Gasteiger partial charge in [0.2, 0.25) is 0 Å². The molecule has 162 valence electrons. The molecule has 0 amide bonds. The Labute approximate surface area is 194 Å². The van der Waals surface area contributed by atoms with Crippen LogP contribution in [0.15, 0.2) is 79.3 Å². The Balaban J connectivity index is 1.53. The molecule has 0 bridgehead atoms. The lowest BCUT2D eigenvalue weighted by molar-refractivity contribution is 0.633. The van der Waals surface area contributed by atoms with E-state index in [0.29, 0.717) is 17.6 Å². The summed E-state index contributed by atoms with van der Waals surface area (Å²) in [4.78, 5) is 9.95. The van der Waals surface area contributed by atoms with Crippen molar-refractivity contribution in [3.63, 3.8) is 0 Å². The first-order chi connectivity index (χ1) is 16.2. The Kier molecular flexibility index (Phi) is 4.89. The van der Waals surface area contributed by atoms with E-state index in [9.17, 15) is 0 Å². The number of nitrogens with zero attached hydrogens (tertiary/aromatic N) is 3. The molecular weight excluding hydrogens is 431 g/mol. The van der Waals surface area contributed by atoms with Crippen LogP contribution in [0, 0.1) is 5.82 Å². The van der Waals surface area contributed by atoms with E-state index in [-0.39, 0.29) is 5.82 Å². The molecule has 0 saturated carbocycles. The lowest BCUT2D eigenvalue weighted by Gasteiger charge is -2.09. The molecule has 4 nitrogen and oxygen atoms in total. The minimum Gasteiger partial charge on any atom is -0.330 e. The Bertz CT molecular complexity index is 1580. The molecule has 0 unspecified atom stereocenters. The summed E-state index contributed by atoms with van der Waals surface area (Å²) in [5, 5.41) is 2.00. The van der Waals surface area contributed by atoms with Crippen LogP contribution in [-0.4, -0.2) is 21.1 Å². The van der Waals surface area contributed by atoms with E-state index in [1.165, 1.54) is 11.6 Å². The number of benzene rings is 3. The van der Waals surface area contributed by atoms with Gasteiger partial charge in [0.05, 0.1) is 17.2 Å². The van der Waals surface area contributed by atoms with Gasteiger partial charge in [-0.25, -0.2) is 9.37 Å². The van der Waals surface area contributed by atoms with E-state index >= 15 is 4.39 Å². The predicted octanol–water partition coefficient (Wildman–Crippen LogP) is 6.49. The highest BCUT2D eigenvalue weighted by molar-refractivity contribution is 7.22. The summed E-state index contributed by atoms with van der Waals surface area (Å²) in [5.74, 6) is -0.267.